The smallest absolute Gasteiger partial charge is 0.0467 e. The van der Waals surface area contributed by atoms with Crippen LogP contribution in [0.4, 0.5) is 0 Å². The Labute approximate surface area is 101 Å². The molecule has 1 rings (SSSR count). The molecule has 2 atom stereocenters. The van der Waals surface area contributed by atoms with Crippen molar-refractivity contribution in [3.8, 4) is 0 Å². The third-order valence-electron chi connectivity index (χ3n) is 2.96. The molecule has 1 aliphatic rings. The Morgan fingerprint density at radius 1 is 1.38 bits per heavy atom. The van der Waals surface area contributed by atoms with Crippen molar-refractivity contribution in [3.05, 3.63) is 12.3 Å². The van der Waals surface area contributed by atoms with Crippen LogP contribution >= 0.6 is 0 Å². The van der Waals surface area contributed by atoms with Gasteiger partial charge in [0.2, 0.25) is 0 Å². The lowest BCUT2D eigenvalue weighted by Gasteiger charge is -2.22. The van der Waals surface area contributed by atoms with Gasteiger partial charge in [-0.1, -0.05) is 20.4 Å². The molecule has 0 aromatic heterocycles. The summed E-state index contributed by atoms with van der Waals surface area (Å²) in [6.07, 6.45) is 3.72. The molecule has 96 valence electrons. The highest BCUT2D eigenvalue weighted by molar-refractivity contribution is 5.07. The largest absolute Gasteiger partial charge is 0.380 e. The maximum absolute atomic E-state index is 4.10. The van der Waals surface area contributed by atoms with E-state index in [1.54, 1.807) is 0 Å². The van der Waals surface area contributed by atoms with Gasteiger partial charge in [0.05, 0.1) is 0 Å². The highest BCUT2D eigenvalue weighted by Crippen LogP contribution is 2.20. The zero-order valence-electron chi connectivity index (χ0n) is 11.6. The van der Waals surface area contributed by atoms with Crippen LogP contribution in [0.3, 0.4) is 0 Å². The molecule has 3 nitrogen and oxygen atoms in total. The summed E-state index contributed by atoms with van der Waals surface area (Å²) < 4.78 is 0. The first kappa shape index (κ1) is 15.5. The van der Waals surface area contributed by atoms with Crippen molar-refractivity contribution in [1.29, 1.82) is 0 Å². The maximum Gasteiger partial charge on any atom is 0.0467 e. The lowest BCUT2D eigenvalue weighted by Crippen LogP contribution is -2.35. The van der Waals surface area contributed by atoms with Gasteiger partial charge in [0.15, 0.2) is 0 Å². The Balaban J connectivity index is 0.00000106. The number of nitrogens with zero attached hydrogens (tertiary/aromatic N) is 1. The first-order valence-electron chi connectivity index (χ1n) is 6.42. The topological polar surface area (TPSA) is 27.3 Å². The van der Waals surface area contributed by atoms with E-state index in [0.29, 0.717) is 12.1 Å². The third-order valence-corrected chi connectivity index (χ3v) is 2.96. The minimum atomic E-state index is 0.492. The van der Waals surface area contributed by atoms with Crippen molar-refractivity contribution in [2.24, 2.45) is 0 Å². The summed E-state index contributed by atoms with van der Waals surface area (Å²) in [7, 11) is 6.13. The minimum absolute atomic E-state index is 0.492. The van der Waals surface area contributed by atoms with Crippen LogP contribution in [-0.4, -0.2) is 44.7 Å². The second-order valence-corrected chi connectivity index (χ2v) is 4.27. The minimum Gasteiger partial charge on any atom is -0.380 e. The zero-order chi connectivity index (χ0) is 12.6. The van der Waals surface area contributed by atoms with Crippen LogP contribution in [0.2, 0.25) is 0 Å². The quantitative estimate of drug-likeness (QED) is 0.750. The maximum atomic E-state index is 4.10. The molecule has 0 bridgehead atoms. The van der Waals surface area contributed by atoms with Gasteiger partial charge >= 0.3 is 0 Å². The van der Waals surface area contributed by atoms with Gasteiger partial charge in [-0.3, -0.25) is 0 Å². The number of likely N-dealkylation sites (N-methyl/N-ethyl adjacent to an activating group) is 1. The van der Waals surface area contributed by atoms with Crippen LogP contribution in [-0.2, 0) is 0 Å². The molecule has 1 saturated heterocycles. The molecule has 2 N–H and O–H groups in total. The van der Waals surface area contributed by atoms with E-state index < -0.39 is 0 Å². The average molecular weight is 227 g/mol. The highest BCUT2D eigenvalue weighted by atomic mass is 15.1. The SMILES string of the molecule is C=C(C1CCC(CCNC)N1)N(C)C.CC. The Kier molecular flexibility index (Phi) is 8.30. The fourth-order valence-electron chi connectivity index (χ4n) is 1.94. The zero-order valence-corrected chi connectivity index (χ0v) is 11.6. The number of rotatable bonds is 5. The van der Waals surface area contributed by atoms with Crippen LogP contribution in [0, 0.1) is 0 Å². The highest BCUT2D eigenvalue weighted by Gasteiger charge is 2.25. The van der Waals surface area contributed by atoms with Gasteiger partial charge in [-0.15, -0.1) is 0 Å². The van der Waals surface area contributed by atoms with E-state index in [1.165, 1.54) is 25.0 Å². The van der Waals surface area contributed by atoms with Crippen LogP contribution in [0.1, 0.15) is 33.1 Å². The van der Waals surface area contributed by atoms with Crippen molar-refractivity contribution in [2.75, 3.05) is 27.7 Å². The van der Waals surface area contributed by atoms with Gasteiger partial charge in [0.25, 0.3) is 0 Å². The van der Waals surface area contributed by atoms with E-state index in [1.807, 2.05) is 20.9 Å². The van der Waals surface area contributed by atoms with E-state index in [9.17, 15) is 0 Å². The normalized spacial score (nSPS) is 23.6. The summed E-state index contributed by atoms with van der Waals surface area (Å²) in [6, 6.07) is 1.16. The van der Waals surface area contributed by atoms with Crippen molar-refractivity contribution < 1.29 is 0 Å². The van der Waals surface area contributed by atoms with Gasteiger partial charge < -0.3 is 15.5 Å². The van der Waals surface area contributed by atoms with Crippen molar-refractivity contribution >= 4 is 0 Å². The van der Waals surface area contributed by atoms with Crippen LogP contribution in [0.25, 0.3) is 0 Å². The molecule has 0 aromatic rings. The van der Waals surface area contributed by atoms with Crippen LogP contribution in [0.15, 0.2) is 12.3 Å². The van der Waals surface area contributed by atoms with Crippen molar-refractivity contribution in [2.45, 2.75) is 45.2 Å². The van der Waals surface area contributed by atoms with E-state index in [4.69, 9.17) is 0 Å². The fourth-order valence-corrected chi connectivity index (χ4v) is 1.94. The molecule has 0 aliphatic carbocycles. The van der Waals surface area contributed by atoms with Crippen LogP contribution in [0.5, 0.6) is 0 Å². The van der Waals surface area contributed by atoms with Crippen molar-refractivity contribution in [1.82, 2.24) is 15.5 Å². The van der Waals surface area contributed by atoms with Crippen molar-refractivity contribution in [3.63, 3.8) is 0 Å². The predicted molar refractivity (Wildman–Crippen MR) is 72.7 cm³/mol. The van der Waals surface area contributed by atoms with Gasteiger partial charge in [-0.2, -0.15) is 0 Å². The fraction of sp³-hybridized carbons (Fsp3) is 0.846. The molecular weight excluding hydrogens is 198 g/mol. The summed E-state index contributed by atoms with van der Waals surface area (Å²) in [5.41, 5.74) is 1.21. The second kappa shape index (κ2) is 8.59. The molecule has 0 spiro atoms. The average Bonchev–Trinajstić information content (AvgIpc) is 2.76. The second-order valence-electron chi connectivity index (χ2n) is 4.27. The Hall–Kier alpha value is -0.540. The number of hydrogen-bond acceptors (Lipinski definition) is 3. The van der Waals surface area contributed by atoms with E-state index >= 15 is 0 Å². The summed E-state index contributed by atoms with van der Waals surface area (Å²) in [6.45, 7) is 9.19. The van der Waals surface area contributed by atoms with Gasteiger partial charge in [0.1, 0.15) is 0 Å². The molecule has 1 aliphatic heterocycles. The van der Waals surface area contributed by atoms with Crippen LogP contribution < -0.4 is 10.6 Å². The summed E-state index contributed by atoms with van der Waals surface area (Å²) in [5, 5.41) is 6.81. The van der Waals surface area contributed by atoms with Gasteiger partial charge in [0, 0.05) is 31.9 Å². The molecule has 3 heteroatoms. The predicted octanol–water partition coefficient (Wildman–Crippen LogP) is 1.82. The third kappa shape index (κ3) is 4.99. The molecule has 2 unspecified atom stereocenters. The Bertz CT molecular complexity index is 190. The Morgan fingerprint density at radius 3 is 2.50 bits per heavy atom. The summed E-state index contributed by atoms with van der Waals surface area (Å²) in [4.78, 5) is 2.11. The molecule has 0 amide bonds. The lowest BCUT2D eigenvalue weighted by atomic mass is 10.1. The molecule has 1 heterocycles. The number of hydrogen-bond donors (Lipinski definition) is 2. The number of nitrogens with one attached hydrogen (secondary N) is 2. The molecule has 16 heavy (non-hydrogen) atoms. The summed E-state index contributed by atoms with van der Waals surface area (Å²) >= 11 is 0. The molecule has 1 fully saturated rings. The van der Waals surface area contributed by atoms with E-state index in [2.05, 4.69) is 36.2 Å². The van der Waals surface area contributed by atoms with Gasteiger partial charge in [-0.25, -0.2) is 0 Å². The molecular formula is C13H29N3. The monoisotopic (exact) mass is 227 g/mol. The Morgan fingerprint density at radius 2 is 2.00 bits per heavy atom. The molecule has 0 radical (unpaired) electrons. The first-order valence-corrected chi connectivity index (χ1v) is 6.42. The summed E-state index contributed by atoms with van der Waals surface area (Å²) in [5.74, 6) is 0. The van der Waals surface area contributed by atoms with Gasteiger partial charge in [-0.05, 0) is 32.9 Å². The van der Waals surface area contributed by atoms with E-state index in [-0.39, 0.29) is 0 Å². The lowest BCUT2D eigenvalue weighted by molar-refractivity contribution is 0.432. The molecule has 0 saturated carbocycles. The molecule has 0 aromatic carbocycles. The van der Waals surface area contributed by atoms with E-state index in [0.717, 1.165) is 6.54 Å². The first-order chi connectivity index (χ1) is 7.65. The standard InChI is InChI=1S/C11H23N3.C2H6/c1-9(14(3)4)11-6-5-10(13-11)7-8-12-2;1-2/h10-13H,1,5-8H2,2-4H3;1-2H3.